The van der Waals surface area contributed by atoms with Crippen LogP contribution < -0.4 is 5.32 Å². The summed E-state index contributed by atoms with van der Waals surface area (Å²) in [5.74, 6) is -0.625. The van der Waals surface area contributed by atoms with Gasteiger partial charge in [-0.05, 0) is 32.1 Å². The van der Waals surface area contributed by atoms with Crippen LogP contribution in [-0.4, -0.2) is 98.7 Å². The number of carbonyl (C=O) groups is 1. The minimum Gasteiger partial charge on any atom is -0.394 e. The number of amides is 1. The van der Waals surface area contributed by atoms with Gasteiger partial charge in [0.25, 0.3) is 0 Å². The highest BCUT2D eigenvalue weighted by molar-refractivity contribution is 5.80. The summed E-state index contributed by atoms with van der Waals surface area (Å²) in [5.41, 5.74) is 0. The van der Waals surface area contributed by atoms with Crippen LogP contribution in [0.2, 0.25) is 0 Å². The van der Waals surface area contributed by atoms with E-state index in [1.54, 1.807) is 6.08 Å². The van der Waals surface area contributed by atoms with Gasteiger partial charge in [0.15, 0.2) is 6.29 Å². The van der Waals surface area contributed by atoms with Crippen molar-refractivity contribution in [2.24, 2.45) is 0 Å². The lowest BCUT2D eigenvalue weighted by molar-refractivity contribution is -0.302. The zero-order chi connectivity index (χ0) is 41.1. The normalized spacial score (nSPS) is 21.9. The lowest BCUT2D eigenvalue weighted by Crippen LogP contribution is -2.60. The predicted molar refractivity (Wildman–Crippen MR) is 227 cm³/mol. The first-order valence-electron chi connectivity index (χ1n) is 23.2. The number of allylic oxidation sites excluding steroid dienone is 3. The number of nitrogens with one attached hydrogen (secondary N) is 1. The fourth-order valence-corrected chi connectivity index (χ4v) is 7.30. The molecule has 0 aromatic rings. The van der Waals surface area contributed by atoms with Crippen molar-refractivity contribution in [1.29, 1.82) is 0 Å². The van der Waals surface area contributed by atoms with Gasteiger partial charge >= 0.3 is 0 Å². The number of ether oxygens (including phenoxy) is 2. The van der Waals surface area contributed by atoms with E-state index < -0.39 is 61.5 Å². The van der Waals surface area contributed by atoms with Crippen molar-refractivity contribution in [3.63, 3.8) is 0 Å². The summed E-state index contributed by atoms with van der Waals surface area (Å²) in [4.78, 5) is 13.0. The van der Waals surface area contributed by atoms with E-state index in [1.807, 2.05) is 6.08 Å². The lowest BCUT2D eigenvalue weighted by atomic mass is 9.99. The number of aliphatic hydroxyl groups is 6. The molecule has 56 heavy (non-hydrogen) atoms. The molecule has 1 heterocycles. The van der Waals surface area contributed by atoms with Gasteiger partial charge in [0, 0.05) is 0 Å². The Labute approximate surface area is 341 Å². The summed E-state index contributed by atoms with van der Waals surface area (Å²) in [6.07, 6.45) is 32.7. The molecule has 1 aliphatic heterocycles. The Hall–Kier alpha value is -1.37. The standard InChI is InChI=1S/C46H87NO9/c1-3-5-7-9-11-13-15-17-18-19-20-21-23-25-27-29-31-33-35-40(50)45(54)47-38(37-55-46-44(53)43(52)42(51)41(36-48)56-46)39(49)34-32-30-28-26-24-22-16-14-12-10-8-6-4-2/h24,26,32,34,38-44,46,48-53H,3-23,25,27-31,33,35-37H2,1-2H3,(H,47,54)/b26-24+,34-32+/t38-,39+,40?,41+,42+,43-,44+,46+/m0/s1. The van der Waals surface area contributed by atoms with E-state index in [4.69, 9.17) is 9.47 Å². The van der Waals surface area contributed by atoms with E-state index in [0.29, 0.717) is 19.3 Å². The zero-order valence-corrected chi connectivity index (χ0v) is 35.8. The fraction of sp³-hybridized carbons (Fsp3) is 0.891. The molecule has 10 nitrogen and oxygen atoms in total. The molecule has 1 aliphatic rings. The molecule has 1 amide bonds. The maximum atomic E-state index is 13.0. The first-order valence-corrected chi connectivity index (χ1v) is 23.2. The molecule has 0 aliphatic carbocycles. The molecular formula is C46H87NO9. The molecule has 0 bridgehead atoms. The molecule has 10 heteroatoms. The van der Waals surface area contributed by atoms with E-state index in [2.05, 4.69) is 31.3 Å². The zero-order valence-electron chi connectivity index (χ0n) is 35.8. The van der Waals surface area contributed by atoms with Crippen LogP contribution in [0.15, 0.2) is 24.3 Å². The summed E-state index contributed by atoms with van der Waals surface area (Å²) in [6.45, 7) is 3.58. The molecule has 0 spiro atoms. The van der Waals surface area contributed by atoms with Crippen molar-refractivity contribution >= 4 is 5.91 Å². The fourth-order valence-electron chi connectivity index (χ4n) is 7.30. The van der Waals surface area contributed by atoms with E-state index in [-0.39, 0.29) is 6.61 Å². The van der Waals surface area contributed by atoms with Crippen molar-refractivity contribution in [2.75, 3.05) is 13.2 Å². The molecule has 0 radical (unpaired) electrons. The number of carbonyl (C=O) groups excluding carboxylic acids is 1. The largest absolute Gasteiger partial charge is 0.394 e. The van der Waals surface area contributed by atoms with Crippen molar-refractivity contribution in [1.82, 2.24) is 5.32 Å². The average Bonchev–Trinajstić information content (AvgIpc) is 3.20. The summed E-state index contributed by atoms with van der Waals surface area (Å²) < 4.78 is 11.1. The molecule has 8 atom stereocenters. The second kappa shape index (κ2) is 36.7. The summed E-state index contributed by atoms with van der Waals surface area (Å²) in [5, 5.41) is 64.6. The van der Waals surface area contributed by atoms with Gasteiger partial charge in [-0.2, -0.15) is 0 Å². The average molecular weight is 798 g/mol. The molecular weight excluding hydrogens is 711 g/mol. The summed E-state index contributed by atoms with van der Waals surface area (Å²) >= 11 is 0. The third-order valence-electron chi connectivity index (χ3n) is 11.1. The van der Waals surface area contributed by atoms with E-state index in [9.17, 15) is 35.4 Å². The first-order chi connectivity index (χ1) is 27.3. The number of hydrogen-bond acceptors (Lipinski definition) is 9. The smallest absolute Gasteiger partial charge is 0.249 e. The molecule has 1 rings (SSSR count). The molecule has 7 N–H and O–H groups in total. The topological polar surface area (TPSA) is 169 Å². The van der Waals surface area contributed by atoms with Crippen molar-refractivity contribution in [2.45, 2.75) is 249 Å². The Morgan fingerprint density at radius 1 is 0.607 bits per heavy atom. The third kappa shape index (κ3) is 26.6. The maximum absolute atomic E-state index is 13.0. The van der Waals surface area contributed by atoms with Crippen molar-refractivity contribution in [3.8, 4) is 0 Å². The van der Waals surface area contributed by atoms with Gasteiger partial charge in [-0.3, -0.25) is 4.79 Å². The van der Waals surface area contributed by atoms with Crippen LogP contribution in [0.1, 0.15) is 200 Å². The van der Waals surface area contributed by atoms with Crippen LogP contribution >= 0.6 is 0 Å². The van der Waals surface area contributed by atoms with Gasteiger partial charge in [-0.25, -0.2) is 0 Å². The van der Waals surface area contributed by atoms with Crippen LogP contribution in [0.3, 0.4) is 0 Å². The first kappa shape index (κ1) is 52.6. The van der Waals surface area contributed by atoms with E-state index in [1.165, 1.54) is 135 Å². The summed E-state index contributed by atoms with van der Waals surface area (Å²) in [7, 11) is 0. The molecule has 0 aromatic carbocycles. The Bertz CT molecular complexity index is 948. The maximum Gasteiger partial charge on any atom is 0.249 e. The van der Waals surface area contributed by atoms with Crippen LogP contribution in [0.5, 0.6) is 0 Å². The summed E-state index contributed by atoms with van der Waals surface area (Å²) in [6, 6.07) is -0.992. The van der Waals surface area contributed by atoms with Gasteiger partial charge in [0.05, 0.1) is 25.4 Å². The molecule has 0 saturated carbocycles. The number of rotatable bonds is 38. The highest BCUT2D eigenvalue weighted by Gasteiger charge is 2.44. The minimum absolute atomic E-state index is 0.308. The van der Waals surface area contributed by atoms with Gasteiger partial charge in [0.1, 0.15) is 30.5 Å². The minimum atomic E-state index is -1.61. The van der Waals surface area contributed by atoms with E-state index >= 15 is 0 Å². The Kier molecular flexibility index (Phi) is 34.5. The Morgan fingerprint density at radius 2 is 1.05 bits per heavy atom. The monoisotopic (exact) mass is 798 g/mol. The van der Waals surface area contributed by atoms with Crippen LogP contribution in [0.25, 0.3) is 0 Å². The quantitative estimate of drug-likeness (QED) is 0.0239. The van der Waals surface area contributed by atoms with Gasteiger partial charge < -0.3 is 45.4 Å². The number of aliphatic hydroxyl groups excluding tert-OH is 6. The Morgan fingerprint density at radius 3 is 1.55 bits per heavy atom. The van der Waals surface area contributed by atoms with Crippen molar-refractivity contribution < 1.29 is 44.9 Å². The highest BCUT2D eigenvalue weighted by atomic mass is 16.7. The molecule has 0 aromatic heterocycles. The SMILES string of the molecule is CCCCCCCCC/C=C/CC/C=C/[C@@H](O)[C@H](CO[C@@H]1O[C@H](CO)[C@@H](O)[C@H](O)[C@H]1O)NC(=O)C(O)CCCCCCCCCCCCCCCCCCCC. The lowest BCUT2D eigenvalue weighted by Gasteiger charge is -2.40. The van der Waals surface area contributed by atoms with Crippen LogP contribution in [0.4, 0.5) is 0 Å². The second-order valence-corrected chi connectivity index (χ2v) is 16.3. The number of unbranched alkanes of at least 4 members (excludes halogenated alkanes) is 25. The molecule has 1 fully saturated rings. The van der Waals surface area contributed by atoms with Gasteiger partial charge in [0.2, 0.25) is 5.91 Å². The van der Waals surface area contributed by atoms with Gasteiger partial charge in [-0.15, -0.1) is 0 Å². The Balaban J connectivity index is 2.41. The van der Waals surface area contributed by atoms with Gasteiger partial charge in [-0.1, -0.05) is 192 Å². The molecule has 330 valence electrons. The van der Waals surface area contributed by atoms with Crippen molar-refractivity contribution in [3.05, 3.63) is 24.3 Å². The predicted octanol–water partition coefficient (Wildman–Crippen LogP) is 8.47. The van der Waals surface area contributed by atoms with Crippen LogP contribution in [-0.2, 0) is 14.3 Å². The third-order valence-corrected chi connectivity index (χ3v) is 11.1. The van der Waals surface area contributed by atoms with Crippen LogP contribution in [0, 0.1) is 0 Å². The molecule has 1 saturated heterocycles. The molecule has 1 unspecified atom stereocenters. The number of hydrogen-bond donors (Lipinski definition) is 7. The van der Waals surface area contributed by atoms with E-state index in [0.717, 1.165) is 32.1 Å². The highest BCUT2D eigenvalue weighted by Crippen LogP contribution is 2.23. The second-order valence-electron chi connectivity index (χ2n) is 16.3.